The van der Waals surface area contributed by atoms with E-state index in [1.54, 1.807) is 0 Å². The van der Waals surface area contributed by atoms with Gasteiger partial charge in [-0.25, -0.2) is 0 Å². The molecule has 0 spiro atoms. The molecule has 1 unspecified atom stereocenters. The first-order chi connectivity index (χ1) is 3.84. The van der Waals surface area contributed by atoms with Crippen molar-refractivity contribution in [2.45, 2.75) is 6.10 Å². The van der Waals surface area contributed by atoms with Crippen molar-refractivity contribution >= 4 is 12.3 Å². The molecule has 1 rings (SSSR count). The van der Waals surface area contributed by atoms with Crippen LogP contribution in [-0.4, -0.2) is 18.4 Å². The Labute approximate surface area is 46.7 Å². The highest BCUT2D eigenvalue weighted by atomic mass is 16.5. The Bertz CT molecular complexity index is 151. The minimum atomic E-state index is -0.588. The molecule has 0 aromatic rings. The molecule has 0 aromatic heterocycles. The summed E-state index contributed by atoms with van der Waals surface area (Å²) in [4.78, 5) is 13.6. The minimum Gasteiger partial charge on any atom is -0.574 e. The van der Waals surface area contributed by atoms with Gasteiger partial charge in [0.15, 0.2) is 0 Å². The molecule has 1 aliphatic heterocycles. The fraction of sp³-hybridized carbons (Fsp3) is 0.200. The number of aliphatic imine (C=N–C) groups is 1. The van der Waals surface area contributed by atoms with Gasteiger partial charge in [-0.1, -0.05) is 6.08 Å². The molecule has 1 atom stereocenters. The van der Waals surface area contributed by atoms with Crippen LogP contribution in [0.3, 0.4) is 0 Å². The summed E-state index contributed by atoms with van der Waals surface area (Å²) in [5.41, 5.74) is 0. The number of nitrogens with zero attached hydrogens (tertiary/aromatic N) is 1. The molecule has 3 heteroatoms. The van der Waals surface area contributed by atoms with Crippen LogP contribution in [0.4, 0.5) is 0 Å². The molecule has 0 aliphatic carbocycles. The summed E-state index contributed by atoms with van der Waals surface area (Å²) in [5, 5.41) is 0. The lowest BCUT2D eigenvalue weighted by atomic mass is 10.3. The SMILES string of the molecule is C=CC1O[C-]=NC1=O. The molecule has 0 fully saturated rings. The zero-order valence-corrected chi connectivity index (χ0v) is 4.13. The maximum atomic E-state index is 10.4. The zero-order valence-electron chi connectivity index (χ0n) is 4.13. The van der Waals surface area contributed by atoms with Gasteiger partial charge in [0, 0.05) is 6.40 Å². The van der Waals surface area contributed by atoms with E-state index in [2.05, 4.69) is 22.7 Å². The quantitative estimate of drug-likeness (QED) is 0.352. The Morgan fingerprint density at radius 1 is 2.00 bits per heavy atom. The van der Waals surface area contributed by atoms with Crippen molar-refractivity contribution in [1.82, 2.24) is 0 Å². The lowest BCUT2D eigenvalue weighted by Gasteiger charge is -2.05. The number of rotatable bonds is 1. The average Bonchev–Trinajstić information content (AvgIpc) is 2.14. The van der Waals surface area contributed by atoms with E-state index in [9.17, 15) is 4.79 Å². The summed E-state index contributed by atoms with van der Waals surface area (Å²) >= 11 is 0. The molecule has 42 valence electrons. The van der Waals surface area contributed by atoms with E-state index >= 15 is 0 Å². The summed E-state index contributed by atoms with van der Waals surface area (Å²) in [5.74, 6) is -0.333. The molecule has 0 aromatic carbocycles. The molecule has 0 N–H and O–H groups in total. The molecular weight excluding hydrogens is 106 g/mol. The Balaban J connectivity index is 2.63. The first kappa shape index (κ1) is 5.03. The van der Waals surface area contributed by atoms with Gasteiger partial charge < -0.3 is 14.5 Å². The Morgan fingerprint density at radius 2 is 2.75 bits per heavy atom. The standard InChI is InChI=1S/C5H4NO2/c1-2-4-5(7)6-3-8-4/h2,4H,1H2/q-1. The van der Waals surface area contributed by atoms with Crippen LogP contribution in [0.25, 0.3) is 0 Å². The highest BCUT2D eigenvalue weighted by molar-refractivity contribution is 5.92. The van der Waals surface area contributed by atoms with Crippen molar-refractivity contribution in [3.05, 3.63) is 12.7 Å². The number of hydrogen-bond acceptors (Lipinski definition) is 2. The second-order valence-corrected chi connectivity index (χ2v) is 1.32. The van der Waals surface area contributed by atoms with Gasteiger partial charge >= 0.3 is 0 Å². The Morgan fingerprint density at radius 3 is 3.00 bits per heavy atom. The topological polar surface area (TPSA) is 38.7 Å². The minimum absolute atomic E-state index is 0.333. The molecule has 3 nitrogen and oxygen atoms in total. The average molecular weight is 110 g/mol. The van der Waals surface area contributed by atoms with Gasteiger partial charge in [0.1, 0.15) is 12.0 Å². The molecule has 0 saturated carbocycles. The van der Waals surface area contributed by atoms with E-state index < -0.39 is 6.10 Å². The molecule has 0 radical (unpaired) electrons. The monoisotopic (exact) mass is 110 g/mol. The fourth-order valence-electron chi connectivity index (χ4n) is 0.391. The number of carbonyl (C=O) groups is 1. The Hall–Kier alpha value is -1.12. The van der Waals surface area contributed by atoms with E-state index in [4.69, 9.17) is 0 Å². The lowest BCUT2D eigenvalue weighted by molar-refractivity contribution is -0.120. The van der Waals surface area contributed by atoms with Crippen LogP contribution in [-0.2, 0) is 9.53 Å². The van der Waals surface area contributed by atoms with Crippen molar-refractivity contribution in [2.24, 2.45) is 4.99 Å². The molecule has 0 saturated heterocycles. The van der Waals surface area contributed by atoms with E-state index in [0.717, 1.165) is 0 Å². The van der Waals surface area contributed by atoms with E-state index in [1.165, 1.54) is 6.08 Å². The largest absolute Gasteiger partial charge is 0.574 e. The van der Waals surface area contributed by atoms with Crippen LogP contribution in [0.2, 0.25) is 0 Å². The third-order valence-corrected chi connectivity index (χ3v) is 0.793. The second-order valence-electron chi connectivity index (χ2n) is 1.32. The van der Waals surface area contributed by atoms with Gasteiger partial charge in [-0.2, -0.15) is 0 Å². The van der Waals surface area contributed by atoms with Crippen LogP contribution in [0.1, 0.15) is 0 Å². The van der Waals surface area contributed by atoms with Gasteiger partial charge in [0.2, 0.25) is 0 Å². The van der Waals surface area contributed by atoms with Crippen LogP contribution < -0.4 is 0 Å². The summed E-state index contributed by atoms with van der Waals surface area (Å²) in [6.07, 6.45) is 2.87. The van der Waals surface area contributed by atoms with Crippen LogP contribution in [0.15, 0.2) is 17.6 Å². The van der Waals surface area contributed by atoms with Gasteiger partial charge in [-0.05, 0) is 0 Å². The maximum absolute atomic E-state index is 10.4. The highest BCUT2D eigenvalue weighted by Crippen LogP contribution is 2.00. The lowest BCUT2D eigenvalue weighted by Crippen LogP contribution is -2.11. The van der Waals surface area contributed by atoms with E-state index in [-0.39, 0.29) is 5.91 Å². The van der Waals surface area contributed by atoms with Crippen LogP contribution in [0.5, 0.6) is 0 Å². The zero-order chi connectivity index (χ0) is 5.98. The van der Waals surface area contributed by atoms with Crippen molar-refractivity contribution in [1.29, 1.82) is 0 Å². The summed E-state index contributed by atoms with van der Waals surface area (Å²) < 4.78 is 4.53. The predicted molar refractivity (Wildman–Crippen MR) is 27.5 cm³/mol. The van der Waals surface area contributed by atoms with Gasteiger partial charge in [0.05, 0.1) is 0 Å². The third-order valence-electron chi connectivity index (χ3n) is 0.793. The molecule has 1 aliphatic rings. The van der Waals surface area contributed by atoms with Crippen molar-refractivity contribution in [3.63, 3.8) is 0 Å². The van der Waals surface area contributed by atoms with Gasteiger partial charge in [0.25, 0.3) is 0 Å². The summed E-state index contributed by atoms with van der Waals surface area (Å²) in [7, 11) is 0. The second kappa shape index (κ2) is 1.78. The molecule has 1 heterocycles. The van der Waals surface area contributed by atoms with Gasteiger partial charge in [-0.15, -0.1) is 6.58 Å². The first-order valence-corrected chi connectivity index (χ1v) is 2.12. The predicted octanol–water partition coefficient (Wildman–Crippen LogP) is 0.00310. The first-order valence-electron chi connectivity index (χ1n) is 2.12. The molecule has 8 heavy (non-hydrogen) atoms. The summed E-state index contributed by atoms with van der Waals surface area (Å²) in [6.45, 7) is 3.35. The molecule has 0 bridgehead atoms. The van der Waals surface area contributed by atoms with Crippen LogP contribution in [0, 0.1) is 0 Å². The van der Waals surface area contributed by atoms with Crippen molar-refractivity contribution < 1.29 is 9.53 Å². The fourth-order valence-corrected chi connectivity index (χ4v) is 0.391. The highest BCUT2D eigenvalue weighted by Gasteiger charge is 2.05. The van der Waals surface area contributed by atoms with Crippen LogP contribution >= 0.6 is 0 Å². The van der Waals surface area contributed by atoms with Crippen molar-refractivity contribution in [3.8, 4) is 0 Å². The number of amides is 1. The smallest absolute Gasteiger partial charge is 0.131 e. The maximum Gasteiger partial charge on any atom is 0.131 e. The van der Waals surface area contributed by atoms with Gasteiger partial charge in [-0.3, -0.25) is 0 Å². The molecular formula is C5H4NO2-. The van der Waals surface area contributed by atoms with E-state index in [0.29, 0.717) is 0 Å². The van der Waals surface area contributed by atoms with E-state index in [1.807, 2.05) is 0 Å². The number of ether oxygens (including phenoxy) is 1. The third kappa shape index (κ3) is 0.621. The Kier molecular flexibility index (Phi) is 1.12. The number of hydrogen-bond donors (Lipinski definition) is 0. The van der Waals surface area contributed by atoms with Crippen molar-refractivity contribution in [2.75, 3.05) is 0 Å². The normalized spacial score (nSPS) is 25.5. The summed E-state index contributed by atoms with van der Waals surface area (Å²) in [6, 6.07) is 0. The number of carbonyl (C=O) groups excluding carboxylic acids is 1. The molecule has 1 amide bonds.